The summed E-state index contributed by atoms with van der Waals surface area (Å²) in [5.41, 5.74) is 2.02. The van der Waals surface area contributed by atoms with Crippen LogP contribution >= 0.6 is 24.8 Å². The van der Waals surface area contributed by atoms with Crippen molar-refractivity contribution in [2.75, 3.05) is 5.75 Å². The lowest BCUT2D eigenvalue weighted by Crippen LogP contribution is -1.91. The smallest absolute Gasteiger partial charge is 0.181 e. The van der Waals surface area contributed by atoms with Gasteiger partial charge in [-0.1, -0.05) is 11.8 Å². The van der Waals surface area contributed by atoms with Crippen molar-refractivity contribution in [2.45, 2.75) is 0 Å². The zero-order valence-corrected chi connectivity index (χ0v) is 10.2. The van der Waals surface area contributed by atoms with Gasteiger partial charge >= 0.3 is 0 Å². The van der Waals surface area contributed by atoms with Gasteiger partial charge in [-0.2, -0.15) is 12.6 Å². The third-order valence-corrected chi connectivity index (χ3v) is 2.58. The summed E-state index contributed by atoms with van der Waals surface area (Å²) in [5.74, 6) is 6.50. The molecule has 2 aromatic rings. The van der Waals surface area contributed by atoms with Crippen LogP contribution in [0.2, 0.25) is 0 Å². The number of benzene rings is 1. The van der Waals surface area contributed by atoms with Gasteiger partial charge in [0.05, 0.1) is 5.75 Å². The molecule has 0 aliphatic rings. The van der Waals surface area contributed by atoms with Gasteiger partial charge in [0.1, 0.15) is 0 Å². The average molecular weight is 246 g/mol. The van der Waals surface area contributed by atoms with Crippen LogP contribution in [0.1, 0.15) is 5.56 Å². The van der Waals surface area contributed by atoms with Crippen molar-refractivity contribution in [3.05, 3.63) is 47.0 Å². The Morgan fingerprint density at radius 3 is 2.62 bits per heavy atom. The first-order chi connectivity index (χ1) is 7.81. The third-order valence-electron chi connectivity index (χ3n) is 2.11. The van der Waals surface area contributed by atoms with Crippen LogP contribution in [0.3, 0.4) is 0 Å². The van der Waals surface area contributed by atoms with Crippen molar-refractivity contribution in [1.82, 2.24) is 9.55 Å². The minimum Gasteiger partial charge on any atom is -0.337 e. The number of hydrogen-bond acceptors (Lipinski definition) is 2. The van der Waals surface area contributed by atoms with Gasteiger partial charge in [-0.15, -0.1) is 0 Å². The Hall–Kier alpha value is -1.44. The standard InChI is InChI=1S/C12H10N2S2/c15-9-1-2-10-3-5-11(6-4-10)14-8-7-13-12(14)16/h3-8,15H,9H2,(H,13,16). The van der Waals surface area contributed by atoms with Crippen LogP contribution in [-0.4, -0.2) is 15.3 Å². The minimum atomic E-state index is 0.574. The van der Waals surface area contributed by atoms with Crippen LogP contribution in [0.5, 0.6) is 0 Å². The van der Waals surface area contributed by atoms with E-state index in [1.54, 1.807) is 0 Å². The molecule has 1 N–H and O–H groups in total. The minimum absolute atomic E-state index is 0.574. The number of rotatable bonds is 1. The number of aromatic nitrogens is 2. The molecule has 0 amide bonds. The van der Waals surface area contributed by atoms with Gasteiger partial charge < -0.3 is 4.98 Å². The number of nitrogens with one attached hydrogen (secondary N) is 1. The van der Waals surface area contributed by atoms with Gasteiger partial charge in [-0.05, 0) is 36.5 Å². The maximum atomic E-state index is 5.14. The van der Waals surface area contributed by atoms with E-state index < -0.39 is 0 Å². The largest absolute Gasteiger partial charge is 0.337 e. The Labute approximate surface area is 105 Å². The molecule has 80 valence electrons. The zero-order valence-electron chi connectivity index (χ0n) is 8.47. The summed E-state index contributed by atoms with van der Waals surface area (Å²) in [6, 6.07) is 7.93. The van der Waals surface area contributed by atoms with Gasteiger partial charge in [0.25, 0.3) is 0 Å². The summed E-state index contributed by atoms with van der Waals surface area (Å²) >= 11 is 9.18. The third kappa shape index (κ3) is 2.38. The van der Waals surface area contributed by atoms with E-state index in [2.05, 4.69) is 29.5 Å². The SMILES string of the molecule is S=c1[nH]ccn1-c1ccc(C#CCS)cc1. The van der Waals surface area contributed by atoms with Crippen LogP contribution in [0, 0.1) is 16.6 Å². The van der Waals surface area contributed by atoms with Gasteiger partial charge in [0, 0.05) is 23.6 Å². The number of H-pyrrole nitrogens is 1. The number of imidazole rings is 1. The van der Waals surface area contributed by atoms with E-state index in [0.717, 1.165) is 11.3 Å². The highest BCUT2D eigenvalue weighted by Crippen LogP contribution is 2.09. The lowest BCUT2D eigenvalue weighted by atomic mass is 10.2. The van der Waals surface area contributed by atoms with E-state index in [1.807, 2.05) is 41.2 Å². The Balaban J connectivity index is 2.33. The topological polar surface area (TPSA) is 20.7 Å². The molecule has 4 heteroatoms. The Kier molecular flexibility index (Phi) is 3.50. The highest BCUT2D eigenvalue weighted by Gasteiger charge is 1.96. The molecule has 0 aliphatic heterocycles. The maximum Gasteiger partial charge on any atom is 0.181 e. The fourth-order valence-corrected chi connectivity index (χ4v) is 1.68. The van der Waals surface area contributed by atoms with Gasteiger partial charge in [-0.3, -0.25) is 4.57 Å². The molecule has 1 heterocycles. The lowest BCUT2D eigenvalue weighted by molar-refractivity contribution is 1.03. The monoisotopic (exact) mass is 246 g/mol. The zero-order chi connectivity index (χ0) is 11.4. The molecule has 1 aromatic heterocycles. The maximum absolute atomic E-state index is 5.14. The van der Waals surface area contributed by atoms with Crippen LogP contribution < -0.4 is 0 Å². The molecule has 16 heavy (non-hydrogen) atoms. The molecule has 0 atom stereocenters. The quantitative estimate of drug-likeness (QED) is 0.450. The number of hydrogen-bond donors (Lipinski definition) is 2. The van der Waals surface area contributed by atoms with Crippen molar-refractivity contribution in [3.63, 3.8) is 0 Å². The lowest BCUT2D eigenvalue weighted by Gasteiger charge is -2.01. The number of nitrogens with zero attached hydrogens (tertiary/aromatic N) is 1. The van der Waals surface area contributed by atoms with E-state index in [4.69, 9.17) is 12.2 Å². The highest BCUT2D eigenvalue weighted by atomic mass is 32.1. The van der Waals surface area contributed by atoms with E-state index in [-0.39, 0.29) is 0 Å². The second-order valence-electron chi connectivity index (χ2n) is 3.14. The summed E-state index contributed by atoms with van der Waals surface area (Å²) < 4.78 is 2.60. The molecule has 0 fully saturated rings. The van der Waals surface area contributed by atoms with Crippen molar-refractivity contribution in [3.8, 4) is 17.5 Å². The fraction of sp³-hybridized carbons (Fsp3) is 0.0833. The van der Waals surface area contributed by atoms with Crippen molar-refractivity contribution < 1.29 is 0 Å². The van der Waals surface area contributed by atoms with E-state index in [1.165, 1.54) is 0 Å². The summed E-state index contributed by atoms with van der Waals surface area (Å²) in [7, 11) is 0. The Morgan fingerprint density at radius 1 is 1.31 bits per heavy atom. The predicted molar refractivity (Wildman–Crippen MR) is 71.7 cm³/mol. The van der Waals surface area contributed by atoms with E-state index in [9.17, 15) is 0 Å². The van der Waals surface area contributed by atoms with Crippen LogP contribution in [0.4, 0.5) is 0 Å². The molecule has 0 bridgehead atoms. The molecular formula is C12H10N2S2. The van der Waals surface area contributed by atoms with Crippen molar-refractivity contribution in [2.24, 2.45) is 0 Å². The molecule has 0 spiro atoms. The molecule has 1 aromatic carbocycles. The first kappa shape index (κ1) is 11.1. The van der Waals surface area contributed by atoms with Crippen molar-refractivity contribution >= 4 is 24.8 Å². The molecule has 0 saturated heterocycles. The first-order valence-electron chi connectivity index (χ1n) is 4.77. The van der Waals surface area contributed by atoms with Crippen LogP contribution in [-0.2, 0) is 0 Å². The van der Waals surface area contributed by atoms with Gasteiger partial charge in [0.15, 0.2) is 4.77 Å². The summed E-state index contributed by atoms with van der Waals surface area (Å²) in [6.07, 6.45) is 3.72. The molecule has 0 aliphatic carbocycles. The second-order valence-corrected chi connectivity index (χ2v) is 3.84. The first-order valence-corrected chi connectivity index (χ1v) is 5.81. The fourth-order valence-electron chi connectivity index (χ4n) is 1.37. The van der Waals surface area contributed by atoms with E-state index >= 15 is 0 Å². The molecule has 0 saturated carbocycles. The van der Waals surface area contributed by atoms with Crippen LogP contribution in [0.25, 0.3) is 5.69 Å². The Bertz CT molecular complexity index is 582. The predicted octanol–water partition coefficient (Wildman–Crippen LogP) is 2.82. The van der Waals surface area contributed by atoms with Crippen LogP contribution in [0.15, 0.2) is 36.7 Å². The molecule has 2 nitrogen and oxygen atoms in total. The van der Waals surface area contributed by atoms with E-state index in [0.29, 0.717) is 10.5 Å². The summed E-state index contributed by atoms with van der Waals surface area (Å²) in [4.78, 5) is 2.96. The Morgan fingerprint density at radius 2 is 2.06 bits per heavy atom. The normalized spacial score (nSPS) is 9.56. The molecule has 0 radical (unpaired) electrons. The number of thiol groups is 1. The highest BCUT2D eigenvalue weighted by molar-refractivity contribution is 7.80. The number of aromatic amines is 1. The average Bonchev–Trinajstić information content (AvgIpc) is 2.74. The van der Waals surface area contributed by atoms with Gasteiger partial charge in [-0.25, -0.2) is 0 Å². The van der Waals surface area contributed by atoms with Gasteiger partial charge in [0.2, 0.25) is 0 Å². The van der Waals surface area contributed by atoms with Crippen molar-refractivity contribution in [1.29, 1.82) is 0 Å². The molecular weight excluding hydrogens is 236 g/mol. The molecule has 0 unspecified atom stereocenters. The second kappa shape index (κ2) is 5.06. The summed E-state index contributed by atoms with van der Waals surface area (Å²) in [5, 5.41) is 0. The summed E-state index contributed by atoms with van der Waals surface area (Å²) in [6.45, 7) is 0. The molecule has 2 rings (SSSR count).